The summed E-state index contributed by atoms with van der Waals surface area (Å²) < 4.78 is 0. The zero-order valence-corrected chi connectivity index (χ0v) is 8.03. The standard InChI is InChI=1S/C7H17NOS/c1-7(9,6-10-4)5-8(2)3/h9H,5-6H2,1-4H3. The highest BCUT2D eigenvalue weighted by molar-refractivity contribution is 7.98. The molecule has 0 aromatic heterocycles. The molecule has 0 bridgehead atoms. The van der Waals surface area contributed by atoms with Crippen molar-refractivity contribution in [3.05, 3.63) is 0 Å². The van der Waals surface area contributed by atoms with E-state index in [-0.39, 0.29) is 0 Å². The first-order chi connectivity index (χ1) is 4.48. The van der Waals surface area contributed by atoms with E-state index in [4.69, 9.17) is 0 Å². The van der Waals surface area contributed by atoms with E-state index in [2.05, 4.69) is 0 Å². The van der Waals surface area contributed by atoms with Crippen LogP contribution in [0.25, 0.3) is 0 Å². The van der Waals surface area contributed by atoms with Crippen molar-refractivity contribution in [1.29, 1.82) is 0 Å². The van der Waals surface area contributed by atoms with Crippen molar-refractivity contribution in [3.63, 3.8) is 0 Å². The molecule has 62 valence electrons. The molecule has 0 saturated carbocycles. The summed E-state index contributed by atoms with van der Waals surface area (Å²) >= 11 is 1.67. The maximum Gasteiger partial charge on any atom is 0.0835 e. The molecule has 0 aliphatic heterocycles. The first-order valence-corrected chi connectivity index (χ1v) is 4.73. The van der Waals surface area contributed by atoms with Gasteiger partial charge in [0, 0.05) is 12.3 Å². The number of likely N-dealkylation sites (N-methyl/N-ethyl adjacent to an activating group) is 1. The molecule has 1 unspecified atom stereocenters. The van der Waals surface area contributed by atoms with Gasteiger partial charge in [-0.2, -0.15) is 11.8 Å². The second kappa shape index (κ2) is 4.21. The van der Waals surface area contributed by atoms with Crippen LogP contribution < -0.4 is 0 Å². The topological polar surface area (TPSA) is 23.5 Å². The summed E-state index contributed by atoms with van der Waals surface area (Å²) in [4.78, 5) is 2.00. The Morgan fingerprint density at radius 3 is 2.30 bits per heavy atom. The first-order valence-electron chi connectivity index (χ1n) is 3.34. The van der Waals surface area contributed by atoms with Crippen molar-refractivity contribution in [2.75, 3.05) is 32.6 Å². The minimum Gasteiger partial charge on any atom is -0.388 e. The van der Waals surface area contributed by atoms with Crippen molar-refractivity contribution in [3.8, 4) is 0 Å². The fourth-order valence-corrected chi connectivity index (χ4v) is 1.75. The Hall–Kier alpha value is 0.270. The lowest BCUT2D eigenvalue weighted by molar-refractivity contribution is 0.0566. The highest BCUT2D eigenvalue weighted by Crippen LogP contribution is 2.10. The molecule has 3 heteroatoms. The summed E-state index contributed by atoms with van der Waals surface area (Å²) in [5, 5.41) is 9.62. The molecule has 0 aliphatic carbocycles. The van der Waals surface area contributed by atoms with E-state index in [1.807, 2.05) is 32.2 Å². The zero-order chi connectivity index (χ0) is 8.20. The highest BCUT2D eigenvalue weighted by atomic mass is 32.2. The molecule has 0 radical (unpaired) electrons. The van der Waals surface area contributed by atoms with Crippen molar-refractivity contribution < 1.29 is 5.11 Å². The van der Waals surface area contributed by atoms with Crippen LogP contribution in [0.15, 0.2) is 0 Å². The molecule has 1 atom stereocenters. The molecule has 0 spiro atoms. The van der Waals surface area contributed by atoms with E-state index < -0.39 is 5.60 Å². The zero-order valence-electron chi connectivity index (χ0n) is 7.22. The van der Waals surface area contributed by atoms with E-state index in [9.17, 15) is 5.11 Å². The quantitative estimate of drug-likeness (QED) is 0.658. The molecule has 0 saturated heterocycles. The lowest BCUT2D eigenvalue weighted by atomic mass is 10.1. The van der Waals surface area contributed by atoms with Crippen LogP contribution in [0.1, 0.15) is 6.92 Å². The maximum absolute atomic E-state index is 9.62. The van der Waals surface area contributed by atoms with Gasteiger partial charge in [0.05, 0.1) is 5.60 Å². The van der Waals surface area contributed by atoms with Crippen LogP contribution in [-0.4, -0.2) is 48.3 Å². The van der Waals surface area contributed by atoms with Crippen LogP contribution in [-0.2, 0) is 0 Å². The fraction of sp³-hybridized carbons (Fsp3) is 1.00. The average Bonchev–Trinajstić information content (AvgIpc) is 1.59. The summed E-state index contributed by atoms with van der Waals surface area (Å²) in [5.41, 5.74) is -0.539. The number of hydrogen-bond donors (Lipinski definition) is 1. The molecule has 0 fully saturated rings. The fourth-order valence-electron chi connectivity index (χ4n) is 1.04. The van der Waals surface area contributed by atoms with Crippen molar-refractivity contribution >= 4 is 11.8 Å². The van der Waals surface area contributed by atoms with Gasteiger partial charge in [0.2, 0.25) is 0 Å². The predicted octanol–water partition coefficient (Wildman–Crippen LogP) is 0.662. The normalized spacial score (nSPS) is 17.4. The minimum absolute atomic E-state index is 0.539. The van der Waals surface area contributed by atoms with Gasteiger partial charge < -0.3 is 10.0 Å². The van der Waals surface area contributed by atoms with E-state index in [1.54, 1.807) is 11.8 Å². The summed E-state index contributed by atoms with van der Waals surface area (Å²) in [6.45, 7) is 2.59. The number of thioether (sulfide) groups is 1. The van der Waals surface area contributed by atoms with Gasteiger partial charge in [-0.15, -0.1) is 0 Å². The molecular formula is C7H17NOS. The molecule has 1 N–H and O–H groups in total. The Morgan fingerprint density at radius 2 is 2.00 bits per heavy atom. The Labute approximate surface area is 67.6 Å². The highest BCUT2D eigenvalue weighted by Gasteiger charge is 2.19. The number of nitrogens with zero attached hydrogens (tertiary/aromatic N) is 1. The number of rotatable bonds is 4. The Kier molecular flexibility index (Phi) is 4.32. The van der Waals surface area contributed by atoms with Gasteiger partial charge in [-0.25, -0.2) is 0 Å². The third-order valence-electron chi connectivity index (χ3n) is 1.11. The van der Waals surface area contributed by atoms with Gasteiger partial charge in [0.15, 0.2) is 0 Å². The summed E-state index contributed by atoms with van der Waals surface area (Å²) in [7, 11) is 3.93. The van der Waals surface area contributed by atoms with Crippen LogP contribution in [0.3, 0.4) is 0 Å². The van der Waals surface area contributed by atoms with E-state index in [0.29, 0.717) is 0 Å². The lowest BCUT2D eigenvalue weighted by Gasteiger charge is -2.25. The third kappa shape index (κ3) is 5.09. The van der Waals surface area contributed by atoms with Gasteiger partial charge >= 0.3 is 0 Å². The average molecular weight is 163 g/mol. The molecule has 0 rings (SSSR count). The van der Waals surface area contributed by atoms with Gasteiger partial charge in [-0.1, -0.05) is 0 Å². The molecule has 0 amide bonds. The molecule has 0 aromatic carbocycles. The van der Waals surface area contributed by atoms with Crippen molar-refractivity contribution in [1.82, 2.24) is 4.90 Å². The van der Waals surface area contributed by atoms with Crippen LogP contribution in [0.4, 0.5) is 0 Å². The smallest absolute Gasteiger partial charge is 0.0835 e. The summed E-state index contributed by atoms with van der Waals surface area (Å²) in [6, 6.07) is 0. The van der Waals surface area contributed by atoms with Gasteiger partial charge in [-0.3, -0.25) is 0 Å². The number of hydrogen-bond acceptors (Lipinski definition) is 3. The van der Waals surface area contributed by atoms with Crippen LogP contribution >= 0.6 is 11.8 Å². The predicted molar refractivity (Wildman–Crippen MR) is 47.6 cm³/mol. The van der Waals surface area contributed by atoms with Gasteiger partial charge in [0.25, 0.3) is 0 Å². The van der Waals surface area contributed by atoms with Gasteiger partial charge in [-0.05, 0) is 27.3 Å². The SMILES string of the molecule is CSCC(C)(O)CN(C)C. The Balaban J connectivity index is 3.63. The Morgan fingerprint density at radius 1 is 1.50 bits per heavy atom. The van der Waals surface area contributed by atoms with Crippen LogP contribution in [0.5, 0.6) is 0 Å². The molecule has 0 heterocycles. The van der Waals surface area contributed by atoms with Gasteiger partial charge in [0.1, 0.15) is 0 Å². The monoisotopic (exact) mass is 163 g/mol. The molecule has 0 aromatic rings. The first kappa shape index (κ1) is 10.3. The summed E-state index contributed by atoms with van der Waals surface area (Å²) in [5.74, 6) is 0.797. The third-order valence-corrected chi connectivity index (χ3v) is 2.02. The Bertz CT molecular complexity index is 93.6. The summed E-state index contributed by atoms with van der Waals surface area (Å²) in [6.07, 6.45) is 2.00. The minimum atomic E-state index is -0.539. The molecular weight excluding hydrogens is 146 g/mol. The van der Waals surface area contributed by atoms with Crippen LogP contribution in [0.2, 0.25) is 0 Å². The maximum atomic E-state index is 9.62. The second-order valence-electron chi connectivity index (χ2n) is 3.17. The van der Waals surface area contributed by atoms with Crippen LogP contribution in [0, 0.1) is 0 Å². The van der Waals surface area contributed by atoms with Crippen molar-refractivity contribution in [2.45, 2.75) is 12.5 Å². The molecule has 2 nitrogen and oxygen atoms in total. The largest absolute Gasteiger partial charge is 0.388 e. The molecule has 10 heavy (non-hydrogen) atoms. The van der Waals surface area contributed by atoms with E-state index >= 15 is 0 Å². The number of aliphatic hydroxyl groups is 1. The lowest BCUT2D eigenvalue weighted by Crippen LogP contribution is -2.39. The van der Waals surface area contributed by atoms with Crippen molar-refractivity contribution in [2.24, 2.45) is 0 Å². The van der Waals surface area contributed by atoms with E-state index in [1.165, 1.54) is 0 Å². The second-order valence-corrected chi connectivity index (χ2v) is 4.03. The molecule has 0 aliphatic rings. The van der Waals surface area contributed by atoms with E-state index in [0.717, 1.165) is 12.3 Å².